The second-order valence-corrected chi connectivity index (χ2v) is 6.50. The minimum atomic E-state index is 0.0582. The van der Waals surface area contributed by atoms with E-state index in [0.29, 0.717) is 11.6 Å². The van der Waals surface area contributed by atoms with Crippen LogP contribution in [-0.4, -0.2) is 25.0 Å². The molecule has 118 valence electrons. The van der Waals surface area contributed by atoms with Gasteiger partial charge in [-0.2, -0.15) is 0 Å². The third-order valence-electron chi connectivity index (χ3n) is 5.39. The van der Waals surface area contributed by atoms with Crippen molar-refractivity contribution in [2.45, 2.75) is 24.7 Å². The van der Waals surface area contributed by atoms with E-state index >= 15 is 0 Å². The molecule has 2 aromatic rings. The Morgan fingerprint density at radius 3 is 2.96 bits per heavy atom. The summed E-state index contributed by atoms with van der Waals surface area (Å²) in [5.41, 5.74) is 2.84. The van der Waals surface area contributed by atoms with Gasteiger partial charge in [-0.25, -0.2) is 4.98 Å². The molecule has 0 N–H and O–H groups in total. The SMILES string of the molecule is COc1cccnc1N(C)C(=O)[C@@H]1C[C@]12CCc1ccccc12. The van der Waals surface area contributed by atoms with Crippen LogP contribution < -0.4 is 9.64 Å². The Hall–Kier alpha value is -2.36. The Balaban J connectivity index is 1.60. The van der Waals surface area contributed by atoms with Crippen molar-refractivity contribution < 1.29 is 9.53 Å². The van der Waals surface area contributed by atoms with Crippen molar-refractivity contribution in [1.29, 1.82) is 0 Å². The van der Waals surface area contributed by atoms with Crippen LogP contribution in [0.3, 0.4) is 0 Å². The predicted molar refractivity (Wildman–Crippen MR) is 88.7 cm³/mol. The number of anilines is 1. The number of pyridine rings is 1. The minimum absolute atomic E-state index is 0.0582. The maximum Gasteiger partial charge on any atom is 0.232 e. The molecule has 1 aromatic carbocycles. The second-order valence-electron chi connectivity index (χ2n) is 6.50. The Labute approximate surface area is 136 Å². The molecule has 0 radical (unpaired) electrons. The summed E-state index contributed by atoms with van der Waals surface area (Å²) < 4.78 is 5.33. The third kappa shape index (κ3) is 2.05. The molecule has 1 heterocycles. The molecule has 23 heavy (non-hydrogen) atoms. The molecule has 0 unspecified atom stereocenters. The maximum absolute atomic E-state index is 13.0. The molecule has 0 aliphatic heterocycles. The number of amides is 1. The summed E-state index contributed by atoms with van der Waals surface area (Å²) >= 11 is 0. The Bertz CT molecular complexity index is 773. The van der Waals surface area contributed by atoms with Crippen LogP contribution in [0.2, 0.25) is 0 Å². The number of benzene rings is 1. The zero-order valence-electron chi connectivity index (χ0n) is 13.5. The normalized spacial score (nSPS) is 24.3. The Morgan fingerprint density at radius 2 is 2.13 bits per heavy atom. The largest absolute Gasteiger partial charge is 0.493 e. The van der Waals surface area contributed by atoms with Crippen LogP contribution in [0.25, 0.3) is 0 Å². The summed E-state index contributed by atoms with van der Waals surface area (Å²) in [4.78, 5) is 18.9. The molecule has 4 rings (SSSR count). The fourth-order valence-corrected chi connectivity index (χ4v) is 4.05. The zero-order chi connectivity index (χ0) is 16.0. The molecule has 2 aliphatic carbocycles. The van der Waals surface area contributed by atoms with Gasteiger partial charge >= 0.3 is 0 Å². The maximum atomic E-state index is 13.0. The smallest absolute Gasteiger partial charge is 0.232 e. The van der Waals surface area contributed by atoms with Gasteiger partial charge < -0.3 is 4.74 Å². The number of hydrogen-bond acceptors (Lipinski definition) is 3. The molecule has 4 nitrogen and oxygen atoms in total. The van der Waals surface area contributed by atoms with Crippen molar-refractivity contribution in [1.82, 2.24) is 4.98 Å². The topological polar surface area (TPSA) is 42.4 Å². The Kier molecular flexibility index (Phi) is 3.15. The first-order chi connectivity index (χ1) is 11.2. The number of carbonyl (C=O) groups is 1. The highest BCUT2D eigenvalue weighted by Gasteiger charge is 2.62. The number of fused-ring (bicyclic) bond motifs is 2. The third-order valence-corrected chi connectivity index (χ3v) is 5.39. The minimum Gasteiger partial charge on any atom is -0.493 e. The molecule has 1 spiro atoms. The van der Waals surface area contributed by atoms with E-state index in [1.807, 2.05) is 12.1 Å². The van der Waals surface area contributed by atoms with Crippen LogP contribution in [0.5, 0.6) is 5.75 Å². The second kappa shape index (κ2) is 5.08. The molecule has 2 aliphatic rings. The summed E-state index contributed by atoms with van der Waals surface area (Å²) in [7, 11) is 3.39. The summed E-state index contributed by atoms with van der Waals surface area (Å²) in [6.45, 7) is 0. The first-order valence-corrected chi connectivity index (χ1v) is 8.02. The average molecular weight is 308 g/mol. The summed E-state index contributed by atoms with van der Waals surface area (Å²) in [6.07, 6.45) is 4.80. The number of aryl methyl sites for hydroxylation is 1. The van der Waals surface area contributed by atoms with E-state index in [0.717, 1.165) is 19.3 Å². The molecule has 1 amide bonds. The molecule has 0 saturated heterocycles. The fourth-order valence-electron chi connectivity index (χ4n) is 4.05. The van der Waals surface area contributed by atoms with Crippen LogP contribution in [-0.2, 0) is 16.6 Å². The van der Waals surface area contributed by atoms with Gasteiger partial charge in [0.1, 0.15) is 0 Å². The summed E-state index contributed by atoms with van der Waals surface area (Å²) in [6, 6.07) is 12.2. The van der Waals surface area contributed by atoms with Gasteiger partial charge in [-0.1, -0.05) is 24.3 Å². The average Bonchev–Trinajstić information content (AvgIpc) is 3.22. The number of ether oxygens (including phenoxy) is 1. The van der Waals surface area contributed by atoms with Gasteiger partial charge in [-0.15, -0.1) is 0 Å². The van der Waals surface area contributed by atoms with Gasteiger partial charge in [0, 0.05) is 24.6 Å². The van der Waals surface area contributed by atoms with E-state index in [1.54, 1.807) is 25.3 Å². The van der Waals surface area contributed by atoms with Crippen LogP contribution >= 0.6 is 0 Å². The van der Waals surface area contributed by atoms with Crippen molar-refractivity contribution in [2.75, 3.05) is 19.1 Å². The number of carbonyl (C=O) groups excluding carboxylic acids is 1. The molecular formula is C19H20N2O2. The van der Waals surface area contributed by atoms with E-state index in [4.69, 9.17) is 4.74 Å². The van der Waals surface area contributed by atoms with Gasteiger partial charge in [0.05, 0.1) is 7.11 Å². The highest BCUT2D eigenvalue weighted by atomic mass is 16.5. The lowest BCUT2D eigenvalue weighted by molar-refractivity contribution is -0.120. The Morgan fingerprint density at radius 1 is 1.30 bits per heavy atom. The zero-order valence-corrected chi connectivity index (χ0v) is 13.5. The molecule has 1 fully saturated rings. The summed E-state index contributed by atoms with van der Waals surface area (Å²) in [5.74, 6) is 1.42. The first-order valence-electron chi connectivity index (χ1n) is 8.02. The van der Waals surface area contributed by atoms with Gasteiger partial charge in [0.15, 0.2) is 11.6 Å². The molecule has 1 aromatic heterocycles. The van der Waals surface area contributed by atoms with Crippen molar-refractivity contribution in [2.24, 2.45) is 5.92 Å². The number of aromatic nitrogens is 1. The lowest BCUT2D eigenvalue weighted by Gasteiger charge is -2.20. The van der Waals surface area contributed by atoms with Gasteiger partial charge in [0.2, 0.25) is 5.91 Å². The van der Waals surface area contributed by atoms with Crippen LogP contribution in [0.15, 0.2) is 42.6 Å². The standard InChI is InChI=1S/C19H20N2O2/c1-21(17-16(23-2)8-5-11-20-17)18(22)15-12-19(15)10-9-13-6-3-4-7-14(13)19/h3-8,11,15H,9-10,12H2,1-2H3/t15-,19-/m0/s1. The lowest BCUT2D eigenvalue weighted by atomic mass is 9.95. The summed E-state index contributed by atoms with van der Waals surface area (Å²) in [5, 5.41) is 0. The van der Waals surface area contributed by atoms with E-state index in [9.17, 15) is 4.79 Å². The highest BCUT2D eigenvalue weighted by molar-refractivity contribution is 5.98. The van der Waals surface area contributed by atoms with Gasteiger partial charge in [-0.05, 0) is 42.5 Å². The molecular weight excluding hydrogens is 288 g/mol. The van der Waals surface area contributed by atoms with Gasteiger partial charge in [0.25, 0.3) is 0 Å². The molecule has 0 bridgehead atoms. The monoisotopic (exact) mass is 308 g/mol. The predicted octanol–water partition coefficient (Wildman–Crippen LogP) is 2.96. The number of rotatable bonds is 3. The van der Waals surface area contributed by atoms with Crippen LogP contribution in [0.1, 0.15) is 24.0 Å². The number of nitrogens with zero attached hydrogens (tertiary/aromatic N) is 2. The molecule has 2 atom stereocenters. The van der Waals surface area contributed by atoms with E-state index < -0.39 is 0 Å². The lowest BCUT2D eigenvalue weighted by Crippen LogP contribution is -2.31. The van der Waals surface area contributed by atoms with Crippen molar-refractivity contribution in [3.8, 4) is 5.75 Å². The quantitative estimate of drug-likeness (QED) is 0.875. The fraction of sp³-hybridized carbons (Fsp3) is 0.368. The van der Waals surface area contributed by atoms with Crippen LogP contribution in [0, 0.1) is 5.92 Å². The molecule has 1 saturated carbocycles. The van der Waals surface area contributed by atoms with E-state index in [1.165, 1.54) is 11.1 Å². The van der Waals surface area contributed by atoms with Crippen molar-refractivity contribution in [3.05, 3.63) is 53.7 Å². The van der Waals surface area contributed by atoms with Crippen molar-refractivity contribution in [3.63, 3.8) is 0 Å². The highest BCUT2D eigenvalue weighted by Crippen LogP contribution is 2.62. The van der Waals surface area contributed by atoms with E-state index in [2.05, 4.69) is 29.2 Å². The first kappa shape index (κ1) is 14.2. The van der Waals surface area contributed by atoms with Gasteiger partial charge in [-0.3, -0.25) is 9.69 Å². The number of methoxy groups -OCH3 is 1. The molecule has 4 heteroatoms. The number of hydrogen-bond donors (Lipinski definition) is 0. The van der Waals surface area contributed by atoms with Crippen LogP contribution in [0.4, 0.5) is 5.82 Å². The van der Waals surface area contributed by atoms with Crippen molar-refractivity contribution >= 4 is 11.7 Å². The van der Waals surface area contributed by atoms with E-state index in [-0.39, 0.29) is 17.2 Å².